The SMILES string of the molecule is COc1ccccc1NC(=O)C1=C(C)Nc2ncnn2C1c1ccc2c(c1)OCCCO2. The lowest BCUT2D eigenvalue weighted by atomic mass is 9.94. The smallest absolute Gasteiger partial charge is 0.255 e. The molecule has 2 aromatic carbocycles. The molecule has 9 nitrogen and oxygen atoms in total. The highest BCUT2D eigenvalue weighted by Crippen LogP contribution is 2.39. The summed E-state index contributed by atoms with van der Waals surface area (Å²) in [6.07, 6.45) is 2.28. The van der Waals surface area contributed by atoms with E-state index in [1.54, 1.807) is 23.9 Å². The first-order valence-corrected chi connectivity index (χ1v) is 10.4. The molecule has 1 unspecified atom stereocenters. The van der Waals surface area contributed by atoms with E-state index in [0.29, 0.717) is 53.4 Å². The number of carbonyl (C=O) groups is 1. The van der Waals surface area contributed by atoms with Crippen molar-refractivity contribution in [3.8, 4) is 17.2 Å². The number of hydrogen-bond donors (Lipinski definition) is 2. The van der Waals surface area contributed by atoms with Crippen LogP contribution in [-0.2, 0) is 4.79 Å². The van der Waals surface area contributed by atoms with Crippen LogP contribution in [0, 0.1) is 0 Å². The summed E-state index contributed by atoms with van der Waals surface area (Å²) in [5.41, 5.74) is 2.63. The average molecular weight is 433 g/mol. The molecule has 1 atom stereocenters. The van der Waals surface area contributed by atoms with E-state index < -0.39 is 6.04 Å². The summed E-state index contributed by atoms with van der Waals surface area (Å²) in [5, 5.41) is 10.5. The molecular formula is C23H23N5O4. The van der Waals surface area contributed by atoms with Gasteiger partial charge in [-0.25, -0.2) is 4.68 Å². The summed E-state index contributed by atoms with van der Waals surface area (Å²) in [6, 6.07) is 12.5. The number of allylic oxidation sites excluding steroid dienone is 1. The van der Waals surface area contributed by atoms with Gasteiger partial charge in [0.25, 0.3) is 5.91 Å². The van der Waals surface area contributed by atoms with Gasteiger partial charge >= 0.3 is 0 Å². The number of carbonyl (C=O) groups excluding carboxylic acids is 1. The van der Waals surface area contributed by atoms with Gasteiger partial charge < -0.3 is 24.8 Å². The number of anilines is 2. The first-order chi connectivity index (χ1) is 15.7. The molecule has 2 N–H and O–H groups in total. The van der Waals surface area contributed by atoms with E-state index in [-0.39, 0.29) is 5.91 Å². The Morgan fingerprint density at radius 2 is 2.00 bits per heavy atom. The van der Waals surface area contributed by atoms with Crippen LogP contribution in [-0.4, -0.2) is 41.0 Å². The molecule has 0 saturated carbocycles. The fourth-order valence-corrected chi connectivity index (χ4v) is 3.98. The number of para-hydroxylation sites is 2. The summed E-state index contributed by atoms with van der Waals surface area (Å²) >= 11 is 0. The Morgan fingerprint density at radius 1 is 1.19 bits per heavy atom. The first-order valence-electron chi connectivity index (χ1n) is 10.4. The largest absolute Gasteiger partial charge is 0.495 e. The lowest BCUT2D eigenvalue weighted by Crippen LogP contribution is -2.31. The molecule has 3 heterocycles. The second kappa shape index (κ2) is 8.26. The average Bonchev–Trinajstić information content (AvgIpc) is 3.13. The van der Waals surface area contributed by atoms with Crippen molar-refractivity contribution in [2.45, 2.75) is 19.4 Å². The highest BCUT2D eigenvalue weighted by molar-refractivity contribution is 6.06. The number of nitrogens with zero attached hydrogens (tertiary/aromatic N) is 3. The number of benzene rings is 2. The Morgan fingerprint density at radius 3 is 2.84 bits per heavy atom. The molecule has 3 aromatic rings. The minimum Gasteiger partial charge on any atom is -0.495 e. The molecule has 9 heteroatoms. The van der Waals surface area contributed by atoms with Crippen LogP contribution in [0.4, 0.5) is 11.6 Å². The molecule has 0 fully saturated rings. The number of methoxy groups -OCH3 is 1. The number of hydrogen-bond acceptors (Lipinski definition) is 7. The van der Waals surface area contributed by atoms with Gasteiger partial charge in [0.05, 0.1) is 31.6 Å². The molecule has 1 aromatic heterocycles. The Bertz CT molecular complexity index is 1200. The van der Waals surface area contributed by atoms with Crippen molar-refractivity contribution in [3.05, 3.63) is 65.6 Å². The van der Waals surface area contributed by atoms with Crippen molar-refractivity contribution in [2.75, 3.05) is 31.0 Å². The molecule has 0 spiro atoms. The molecule has 0 bridgehead atoms. The van der Waals surface area contributed by atoms with Gasteiger partial charge in [-0.2, -0.15) is 10.1 Å². The maximum atomic E-state index is 13.5. The summed E-state index contributed by atoms with van der Waals surface area (Å²) in [6.45, 7) is 3.04. The van der Waals surface area contributed by atoms with Gasteiger partial charge in [-0.05, 0) is 36.8 Å². The Labute approximate surface area is 185 Å². The molecule has 164 valence electrons. The van der Waals surface area contributed by atoms with Gasteiger partial charge in [-0.15, -0.1) is 0 Å². The third-order valence-corrected chi connectivity index (χ3v) is 5.48. The van der Waals surface area contributed by atoms with Gasteiger partial charge in [0.15, 0.2) is 11.5 Å². The van der Waals surface area contributed by atoms with Gasteiger partial charge in [-0.3, -0.25) is 4.79 Å². The van der Waals surface area contributed by atoms with E-state index in [2.05, 4.69) is 20.7 Å². The van der Waals surface area contributed by atoms with Crippen molar-refractivity contribution >= 4 is 17.5 Å². The number of rotatable bonds is 4. The Balaban J connectivity index is 1.56. The first kappa shape index (κ1) is 19.9. The van der Waals surface area contributed by atoms with Gasteiger partial charge in [0.2, 0.25) is 5.95 Å². The number of amides is 1. The molecule has 1 amide bonds. The molecule has 32 heavy (non-hydrogen) atoms. The standard InChI is InChI=1S/C23H23N5O4/c1-14-20(22(29)27-16-6-3-4-7-17(16)30-2)21(28-23(26-14)24-13-25-28)15-8-9-18-19(12-15)32-11-5-10-31-18/h3-4,6-9,12-13,21H,5,10-11H2,1-2H3,(H,27,29)(H,24,25,26). The van der Waals surface area contributed by atoms with E-state index >= 15 is 0 Å². The molecule has 2 aliphatic rings. The number of ether oxygens (including phenoxy) is 3. The lowest BCUT2D eigenvalue weighted by molar-refractivity contribution is -0.113. The quantitative estimate of drug-likeness (QED) is 0.651. The fraction of sp³-hybridized carbons (Fsp3) is 0.261. The fourth-order valence-electron chi connectivity index (χ4n) is 3.98. The van der Waals surface area contributed by atoms with Crippen molar-refractivity contribution in [2.24, 2.45) is 0 Å². The minimum absolute atomic E-state index is 0.266. The maximum Gasteiger partial charge on any atom is 0.255 e. The number of aromatic nitrogens is 3. The summed E-state index contributed by atoms with van der Waals surface area (Å²) in [7, 11) is 1.57. The molecular weight excluding hydrogens is 410 g/mol. The summed E-state index contributed by atoms with van der Waals surface area (Å²) in [5.74, 6) is 2.23. The number of fused-ring (bicyclic) bond motifs is 2. The van der Waals surface area contributed by atoms with Gasteiger partial charge in [0, 0.05) is 12.1 Å². The highest BCUT2D eigenvalue weighted by Gasteiger charge is 2.34. The Kier molecular flexibility index (Phi) is 5.14. The van der Waals surface area contributed by atoms with Crippen LogP contribution >= 0.6 is 0 Å². The van der Waals surface area contributed by atoms with E-state index in [4.69, 9.17) is 14.2 Å². The Hall–Kier alpha value is -4.01. The van der Waals surface area contributed by atoms with Crippen molar-refractivity contribution in [1.82, 2.24) is 14.8 Å². The minimum atomic E-state index is -0.499. The third kappa shape index (κ3) is 3.51. The van der Waals surface area contributed by atoms with E-state index in [9.17, 15) is 4.79 Å². The molecule has 2 aliphatic heterocycles. The van der Waals surface area contributed by atoms with Gasteiger partial charge in [-0.1, -0.05) is 18.2 Å². The van der Waals surface area contributed by atoms with E-state index in [1.165, 1.54) is 6.33 Å². The van der Waals surface area contributed by atoms with Crippen LogP contribution in [0.25, 0.3) is 0 Å². The van der Waals surface area contributed by atoms with Gasteiger partial charge in [0.1, 0.15) is 18.1 Å². The third-order valence-electron chi connectivity index (χ3n) is 5.48. The second-order valence-corrected chi connectivity index (χ2v) is 7.51. The van der Waals surface area contributed by atoms with Crippen molar-refractivity contribution in [3.63, 3.8) is 0 Å². The number of nitrogens with one attached hydrogen (secondary N) is 2. The normalized spacial score (nSPS) is 17.1. The molecule has 0 saturated heterocycles. The van der Waals surface area contributed by atoms with E-state index in [0.717, 1.165) is 12.0 Å². The van der Waals surface area contributed by atoms with Crippen LogP contribution in [0.3, 0.4) is 0 Å². The zero-order valence-electron chi connectivity index (χ0n) is 17.8. The van der Waals surface area contributed by atoms with Crippen molar-refractivity contribution < 1.29 is 19.0 Å². The van der Waals surface area contributed by atoms with Crippen LogP contribution in [0.2, 0.25) is 0 Å². The van der Waals surface area contributed by atoms with Crippen LogP contribution in [0.1, 0.15) is 24.9 Å². The van der Waals surface area contributed by atoms with E-state index in [1.807, 2.05) is 37.3 Å². The van der Waals surface area contributed by atoms with Crippen LogP contribution in [0.15, 0.2) is 60.1 Å². The monoisotopic (exact) mass is 433 g/mol. The summed E-state index contributed by atoms with van der Waals surface area (Å²) < 4.78 is 18.7. The molecule has 0 radical (unpaired) electrons. The molecule has 0 aliphatic carbocycles. The summed E-state index contributed by atoms with van der Waals surface area (Å²) in [4.78, 5) is 17.8. The lowest BCUT2D eigenvalue weighted by Gasteiger charge is -2.29. The van der Waals surface area contributed by atoms with Crippen LogP contribution < -0.4 is 24.8 Å². The predicted molar refractivity (Wildman–Crippen MR) is 118 cm³/mol. The zero-order chi connectivity index (χ0) is 22.1. The highest BCUT2D eigenvalue weighted by atomic mass is 16.5. The maximum absolute atomic E-state index is 13.5. The zero-order valence-corrected chi connectivity index (χ0v) is 17.8. The topological polar surface area (TPSA) is 99.5 Å². The van der Waals surface area contributed by atoms with Crippen LogP contribution in [0.5, 0.6) is 17.2 Å². The molecule has 5 rings (SSSR count). The predicted octanol–water partition coefficient (Wildman–Crippen LogP) is 3.38. The van der Waals surface area contributed by atoms with Crippen molar-refractivity contribution in [1.29, 1.82) is 0 Å². The second-order valence-electron chi connectivity index (χ2n) is 7.51.